The van der Waals surface area contributed by atoms with Crippen LogP contribution in [0.15, 0.2) is 41.3 Å². The van der Waals surface area contributed by atoms with Crippen molar-refractivity contribution in [2.75, 3.05) is 39.5 Å². The van der Waals surface area contributed by atoms with Crippen molar-refractivity contribution in [3.8, 4) is 11.5 Å². The van der Waals surface area contributed by atoms with Crippen molar-refractivity contribution in [1.29, 1.82) is 0 Å². The highest BCUT2D eigenvalue weighted by Gasteiger charge is 2.37. The van der Waals surface area contributed by atoms with E-state index in [0.717, 1.165) is 25.8 Å². The molecule has 11 heteroatoms. The van der Waals surface area contributed by atoms with Crippen LogP contribution in [0.5, 0.6) is 11.5 Å². The predicted octanol–water partition coefficient (Wildman–Crippen LogP) is 4.82. The quantitative estimate of drug-likeness (QED) is 0.302. The SMILES string of the molecule is CCOc1cc(/C=C2\SC(=O)N(CC(=O)N3CCOCC3)C2=O)cc(I)c1OCc1ccc(Cl)cc1. The fourth-order valence-corrected chi connectivity index (χ4v) is 5.39. The molecule has 8 nitrogen and oxygen atoms in total. The molecule has 190 valence electrons. The predicted molar refractivity (Wildman–Crippen MR) is 146 cm³/mol. The number of benzene rings is 2. The van der Waals surface area contributed by atoms with Gasteiger partial charge in [-0.1, -0.05) is 23.7 Å². The minimum atomic E-state index is -0.484. The van der Waals surface area contributed by atoms with Crippen LogP contribution in [0.1, 0.15) is 18.1 Å². The summed E-state index contributed by atoms with van der Waals surface area (Å²) in [5.74, 6) is 0.375. The summed E-state index contributed by atoms with van der Waals surface area (Å²) in [6.45, 7) is 4.17. The molecule has 2 heterocycles. The molecule has 0 bridgehead atoms. The van der Waals surface area contributed by atoms with Crippen LogP contribution >= 0.6 is 46.0 Å². The largest absolute Gasteiger partial charge is 0.490 e. The van der Waals surface area contributed by atoms with E-state index < -0.39 is 11.1 Å². The number of morpholine rings is 1. The van der Waals surface area contributed by atoms with Gasteiger partial charge < -0.3 is 19.1 Å². The first-order chi connectivity index (χ1) is 17.4. The summed E-state index contributed by atoms with van der Waals surface area (Å²) in [4.78, 5) is 40.8. The van der Waals surface area contributed by atoms with Gasteiger partial charge in [-0.05, 0) is 82.7 Å². The molecule has 0 unspecified atom stereocenters. The summed E-state index contributed by atoms with van der Waals surface area (Å²) in [6.07, 6.45) is 1.64. The third-order valence-electron chi connectivity index (χ3n) is 5.46. The Bertz CT molecular complexity index is 1180. The van der Waals surface area contributed by atoms with Gasteiger partial charge in [-0.15, -0.1) is 0 Å². The highest BCUT2D eigenvalue weighted by atomic mass is 127. The summed E-state index contributed by atoms with van der Waals surface area (Å²) in [5.41, 5.74) is 1.65. The molecule has 2 aromatic carbocycles. The monoisotopic (exact) mass is 642 g/mol. The number of hydrogen-bond donors (Lipinski definition) is 0. The van der Waals surface area contributed by atoms with E-state index in [1.807, 2.05) is 25.1 Å². The van der Waals surface area contributed by atoms with E-state index in [-0.39, 0.29) is 17.4 Å². The molecule has 2 aromatic rings. The molecule has 2 aliphatic heterocycles. The lowest BCUT2D eigenvalue weighted by Crippen LogP contribution is -2.46. The molecular formula is C25H24ClIN2O6S. The highest BCUT2D eigenvalue weighted by molar-refractivity contribution is 14.1. The first-order valence-corrected chi connectivity index (χ1v) is 13.6. The summed E-state index contributed by atoms with van der Waals surface area (Å²) in [6, 6.07) is 11.0. The summed E-state index contributed by atoms with van der Waals surface area (Å²) in [5, 5.41) is 0.193. The minimum Gasteiger partial charge on any atom is -0.490 e. The van der Waals surface area contributed by atoms with Gasteiger partial charge in [-0.3, -0.25) is 19.3 Å². The first-order valence-electron chi connectivity index (χ1n) is 11.3. The number of hydrogen-bond acceptors (Lipinski definition) is 7. The second-order valence-electron chi connectivity index (χ2n) is 7.94. The Morgan fingerprint density at radius 2 is 1.89 bits per heavy atom. The van der Waals surface area contributed by atoms with Gasteiger partial charge in [0, 0.05) is 18.1 Å². The molecule has 0 atom stereocenters. The molecule has 2 saturated heterocycles. The Balaban J connectivity index is 1.50. The molecular weight excluding hydrogens is 619 g/mol. The maximum absolute atomic E-state index is 12.9. The van der Waals surface area contributed by atoms with Crippen molar-refractivity contribution >= 4 is 69.1 Å². The molecule has 4 rings (SSSR count). The molecule has 2 fully saturated rings. The van der Waals surface area contributed by atoms with Crippen molar-refractivity contribution < 1.29 is 28.6 Å². The van der Waals surface area contributed by atoms with Crippen LogP contribution in [0, 0.1) is 3.57 Å². The minimum absolute atomic E-state index is 0.253. The van der Waals surface area contributed by atoms with Gasteiger partial charge in [-0.2, -0.15) is 0 Å². The number of thioether (sulfide) groups is 1. The van der Waals surface area contributed by atoms with Gasteiger partial charge in [0.1, 0.15) is 13.2 Å². The van der Waals surface area contributed by atoms with Crippen LogP contribution < -0.4 is 9.47 Å². The van der Waals surface area contributed by atoms with E-state index in [4.69, 9.17) is 25.8 Å². The van der Waals surface area contributed by atoms with E-state index in [2.05, 4.69) is 22.6 Å². The van der Waals surface area contributed by atoms with Crippen molar-refractivity contribution in [2.24, 2.45) is 0 Å². The zero-order chi connectivity index (χ0) is 25.7. The lowest BCUT2D eigenvalue weighted by atomic mass is 10.1. The second-order valence-corrected chi connectivity index (χ2v) is 10.5. The third kappa shape index (κ3) is 6.53. The average molecular weight is 643 g/mol. The zero-order valence-electron chi connectivity index (χ0n) is 19.5. The third-order valence-corrected chi connectivity index (χ3v) is 7.42. The maximum atomic E-state index is 12.9. The summed E-state index contributed by atoms with van der Waals surface area (Å²) < 4.78 is 17.9. The van der Waals surface area contributed by atoms with Gasteiger partial charge in [0.25, 0.3) is 11.1 Å². The Labute approximate surface area is 232 Å². The Morgan fingerprint density at radius 1 is 1.17 bits per heavy atom. The lowest BCUT2D eigenvalue weighted by Gasteiger charge is -2.28. The molecule has 36 heavy (non-hydrogen) atoms. The number of amides is 3. The van der Waals surface area contributed by atoms with Crippen LogP contribution in [-0.2, 0) is 20.9 Å². The van der Waals surface area contributed by atoms with Gasteiger partial charge in [0.05, 0.1) is 28.3 Å². The van der Waals surface area contributed by atoms with E-state index in [9.17, 15) is 14.4 Å². The number of halogens is 2. The molecule has 0 aliphatic carbocycles. The number of ether oxygens (including phenoxy) is 3. The Hall–Kier alpha value is -2.28. The first kappa shape index (κ1) is 26.8. The van der Waals surface area contributed by atoms with E-state index >= 15 is 0 Å². The number of carbonyl (C=O) groups excluding carboxylic acids is 3. The van der Waals surface area contributed by atoms with Gasteiger partial charge in [-0.25, -0.2) is 0 Å². The number of nitrogens with zero attached hydrogens (tertiary/aromatic N) is 2. The molecule has 0 N–H and O–H groups in total. The lowest BCUT2D eigenvalue weighted by molar-refractivity contribution is -0.139. The Morgan fingerprint density at radius 3 is 2.58 bits per heavy atom. The topological polar surface area (TPSA) is 85.4 Å². The zero-order valence-corrected chi connectivity index (χ0v) is 23.2. The van der Waals surface area contributed by atoms with Gasteiger partial charge in [0.2, 0.25) is 5.91 Å². The van der Waals surface area contributed by atoms with Gasteiger partial charge in [0.15, 0.2) is 11.5 Å². The molecule has 0 saturated carbocycles. The van der Waals surface area contributed by atoms with E-state index in [1.54, 1.807) is 29.2 Å². The molecule has 0 spiro atoms. The maximum Gasteiger partial charge on any atom is 0.294 e. The summed E-state index contributed by atoms with van der Waals surface area (Å²) >= 11 is 8.93. The van der Waals surface area contributed by atoms with Crippen molar-refractivity contribution in [1.82, 2.24) is 9.80 Å². The van der Waals surface area contributed by atoms with Crippen molar-refractivity contribution in [3.63, 3.8) is 0 Å². The molecule has 0 aromatic heterocycles. The average Bonchev–Trinajstić information content (AvgIpc) is 3.12. The van der Waals surface area contributed by atoms with E-state index in [1.165, 1.54) is 0 Å². The Kier molecular flexibility index (Phi) is 9.15. The summed E-state index contributed by atoms with van der Waals surface area (Å²) in [7, 11) is 0. The van der Waals surface area contributed by atoms with Crippen LogP contribution in [0.25, 0.3) is 6.08 Å². The van der Waals surface area contributed by atoms with Crippen LogP contribution in [0.2, 0.25) is 5.02 Å². The number of carbonyl (C=O) groups is 3. The fraction of sp³-hybridized carbons (Fsp3) is 0.320. The number of imide groups is 1. The van der Waals surface area contributed by atoms with Crippen molar-refractivity contribution in [2.45, 2.75) is 13.5 Å². The standard InChI is InChI=1S/C25H24ClIN2O6S/c1-2-34-20-12-17(11-19(27)23(20)35-15-16-3-5-18(26)6-4-16)13-21-24(31)29(25(32)36-21)14-22(30)28-7-9-33-10-8-28/h3-6,11-13H,2,7-10,14-15H2,1H3/b21-13-. The number of rotatable bonds is 8. The van der Waals surface area contributed by atoms with Crippen LogP contribution in [0.4, 0.5) is 4.79 Å². The highest BCUT2D eigenvalue weighted by Crippen LogP contribution is 2.38. The molecule has 2 aliphatic rings. The van der Waals surface area contributed by atoms with Gasteiger partial charge >= 0.3 is 0 Å². The fourth-order valence-electron chi connectivity index (χ4n) is 3.65. The molecule has 3 amide bonds. The van der Waals surface area contributed by atoms with Crippen LogP contribution in [0.3, 0.4) is 0 Å². The van der Waals surface area contributed by atoms with E-state index in [0.29, 0.717) is 61.6 Å². The smallest absolute Gasteiger partial charge is 0.294 e. The van der Waals surface area contributed by atoms with Crippen molar-refractivity contribution in [3.05, 3.63) is 61.0 Å². The molecule has 0 radical (unpaired) electrons. The second kappa shape index (κ2) is 12.3. The normalized spacial score (nSPS) is 17.1. The van der Waals surface area contributed by atoms with Crippen LogP contribution in [-0.4, -0.2) is 66.3 Å².